The van der Waals surface area contributed by atoms with Crippen LogP contribution in [0.25, 0.3) is 0 Å². The zero-order valence-electron chi connectivity index (χ0n) is 12.0. The second-order valence-electron chi connectivity index (χ2n) is 5.64. The Morgan fingerprint density at radius 2 is 2.05 bits per heavy atom. The molecular weight excluding hydrogens is 256 g/mol. The SMILES string of the molecule is CN(C(=O)c1n[nH]c(C(C)(C)C)n1)c1cccc(O)c1. The highest BCUT2D eigenvalue weighted by molar-refractivity contribution is 6.03. The van der Waals surface area contributed by atoms with Crippen molar-refractivity contribution < 1.29 is 9.90 Å². The van der Waals surface area contributed by atoms with Crippen LogP contribution in [0, 0.1) is 0 Å². The Balaban J connectivity index is 2.25. The summed E-state index contributed by atoms with van der Waals surface area (Å²) in [7, 11) is 1.62. The number of benzene rings is 1. The Labute approximate surface area is 117 Å². The van der Waals surface area contributed by atoms with Gasteiger partial charge in [-0.15, -0.1) is 5.10 Å². The zero-order chi connectivity index (χ0) is 14.9. The summed E-state index contributed by atoms with van der Waals surface area (Å²) in [6.07, 6.45) is 0. The molecule has 0 saturated carbocycles. The molecule has 0 unspecified atom stereocenters. The van der Waals surface area contributed by atoms with E-state index >= 15 is 0 Å². The highest BCUT2D eigenvalue weighted by atomic mass is 16.3. The summed E-state index contributed by atoms with van der Waals surface area (Å²) in [5.74, 6) is 0.542. The molecule has 2 aromatic rings. The minimum absolute atomic E-state index is 0.104. The molecule has 0 aliphatic carbocycles. The number of H-pyrrole nitrogens is 1. The number of aromatic nitrogens is 3. The first kappa shape index (κ1) is 14.0. The van der Waals surface area contributed by atoms with Crippen LogP contribution in [0.15, 0.2) is 24.3 Å². The maximum atomic E-state index is 12.3. The van der Waals surface area contributed by atoms with Gasteiger partial charge in [-0.1, -0.05) is 26.8 Å². The lowest BCUT2D eigenvalue weighted by atomic mass is 9.96. The molecule has 1 aromatic carbocycles. The van der Waals surface area contributed by atoms with E-state index in [4.69, 9.17) is 0 Å². The van der Waals surface area contributed by atoms with E-state index in [1.54, 1.807) is 25.2 Å². The predicted octanol–water partition coefficient (Wildman–Crippen LogP) is 2.08. The van der Waals surface area contributed by atoms with E-state index in [0.29, 0.717) is 11.5 Å². The number of rotatable bonds is 2. The van der Waals surface area contributed by atoms with Gasteiger partial charge in [0.2, 0.25) is 5.82 Å². The number of nitrogens with zero attached hydrogens (tertiary/aromatic N) is 3. The van der Waals surface area contributed by atoms with Crippen molar-refractivity contribution in [3.8, 4) is 5.75 Å². The first-order valence-corrected chi connectivity index (χ1v) is 6.29. The van der Waals surface area contributed by atoms with Gasteiger partial charge in [-0.25, -0.2) is 4.98 Å². The van der Waals surface area contributed by atoms with Crippen molar-refractivity contribution in [3.63, 3.8) is 0 Å². The molecular formula is C14H18N4O2. The average Bonchev–Trinajstić information content (AvgIpc) is 2.86. The summed E-state index contributed by atoms with van der Waals surface area (Å²) >= 11 is 0. The van der Waals surface area contributed by atoms with E-state index in [-0.39, 0.29) is 22.9 Å². The van der Waals surface area contributed by atoms with E-state index < -0.39 is 0 Å². The predicted molar refractivity (Wildman–Crippen MR) is 75.9 cm³/mol. The van der Waals surface area contributed by atoms with Crippen LogP contribution in [0.3, 0.4) is 0 Å². The standard InChI is InChI=1S/C14H18N4O2/c1-14(2,3)13-15-11(16-17-13)12(20)18(4)9-6-5-7-10(19)8-9/h5-8,19H,1-4H3,(H,15,16,17). The van der Waals surface area contributed by atoms with Crippen molar-refractivity contribution in [1.82, 2.24) is 15.2 Å². The highest BCUT2D eigenvalue weighted by Crippen LogP contribution is 2.21. The number of nitrogens with one attached hydrogen (secondary N) is 1. The summed E-state index contributed by atoms with van der Waals surface area (Å²) in [6.45, 7) is 5.96. The number of anilines is 1. The monoisotopic (exact) mass is 274 g/mol. The normalized spacial score (nSPS) is 11.4. The third-order valence-corrected chi connectivity index (χ3v) is 2.91. The van der Waals surface area contributed by atoms with Gasteiger partial charge in [-0.3, -0.25) is 9.89 Å². The molecule has 6 heteroatoms. The number of hydrogen-bond donors (Lipinski definition) is 2. The van der Waals surface area contributed by atoms with E-state index in [1.165, 1.54) is 11.0 Å². The van der Waals surface area contributed by atoms with Crippen LogP contribution in [0.2, 0.25) is 0 Å². The van der Waals surface area contributed by atoms with Crippen molar-refractivity contribution in [2.75, 3.05) is 11.9 Å². The molecule has 6 nitrogen and oxygen atoms in total. The molecule has 0 radical (unpaired) electrons. The lowest BCUT2D eigenvalue weighted by Gasteiger charge is -2.16. The first-order chi connectivity index (χ1) is 9.29. The quantitative estimate of drug-likeness (QED) is 0.878. The molecule has 0 aliphatic heterocycles. The minimum Gasteiger partial charge on any atom is -0.508 e. The maximum absolute atomic E-state index is 12.3. The molecule has 1 heterocycles. The van der Waals surface area contributed by atoms with Gasteiger partial charge in [-0.05, 0) is 12.1 Å². The third-order valence-electron chi connectivity index (χ3n) is 2.91. The molecule has 2 rings (SSSR count). The van der Waals surface area contributed by atoms with Crippen molar-refractivity contribution in [1.29, 1.82) is 0 Å². The number of amides is 1. The van der Waals surface area contributed by atoms with Crippen molar-refractivity contribution in [3.05, 3.63) is 35.9 Å². The summed E-state index contributed by atoms with van der Waals surface area (Å²) in [5.41, 5.74) is 0.381. The van der Waals surface area contributed by atoms with Crippen LogP contribution >= 0.6 is 0 Å². The highest BCUT2D eigenvalue weighted by Gasteiger charge is 2.23. The molecule has 1 aromatic heterocycles. The summed E-state index contributed by atoms with van der Waals surface area (Å²) < 4.78 is 0. The zero-order valence-corrected chi connectivity index (χ0v) is 12.0. The molecule has 106 valence electrons. The van der Waals surface area contributed by atoms with E-state index in [0.717, 1.165) is 0 Å². The lowest BCUT2D eigenvalue weighted by Crippen LogP contribution is -2.27. The van der Waals surface area contributed by atoms with E-state index in [9.17, 15) is 9.90 Å². The molecule has 0 aliphatic rings. The molecule has 2 N–H and O–H groups in total. The van der Waals surface area contributed by atoms with Crippen molar-refractivity contribution in [2.24, 2.45) is 0 Å². The largest absolute Gasteiger partial charge is 0.508 e. The smallest absolute Gasteiger partial charge is 0.297 e. The second kappa shape index (κ2) is 4.96. The van der Waals surface area contributed by atoms with Crippen LogP contribution in [0.1, 0.15) is 37.2 Å². The maximum Gasteiger partial charge on any atom is 0.297 e. The Morgan fingerprint density at radius 1 is 1.35 bits per heavy atom. The van der Waals surface area contributed by atoms with Crippen LogP contribution in [-0.4, -0.2) is 33.2 Å². The van der Waals surface area contributed by atoms with Crippen LogP contribution < -0.4 is 4.90 Å². The fourth-order valence-electron chi connectivity index (χ4n) is 1.66. The van der Waals surface area contributed by atoms with Gasteiger partial charge < -0.3 is 10.0 Å². The second-order valence-corrected chi connectivity index (χ2v) is 5.64. The van der Waals surface area contributed by atoms with E-state index in [2.05, 4.69) is 15.2 Å². The van der Waals surface area contributed by atoms with Crippen LogP contribution in [0.5, 0.6) is 5.75 Å². The van der Waals surface area contributed by atoms with Crippen LogP contribution in [-0.2, 0) is 5.41 Å². The van der Waals surface area contributed by atoms with Gasteiger partial charge in [0.05, 0.1) is 0 Å². The Bertz CT molecular complexity index is 628. The summed E-state index contributed by atoms with van der Waals surface area (Å²) in [4.78, 5) is 17.9. The molecule has 0 spiro atoms. The third kappa shape index (κ3) is 2.79. The number of phenolic OH excluding ortho intramolecular Hbond substituents is 1. The molecule has 1 amide bonds. The molecule has 20 heavy (non-hydrogen) atoms. The molecule has 0 atom stereocenters. The van der Waals surface area contributed by atoms with Gasteiger partial charge in [0.1, 0.15) is 11.6 Å². The van der Waals surface area contributed by atoms with Gasteiger partial charge in [0.25, 0.3) is 5.91 Å². The molecule has 0 bridgehead atoms. The van der Waals surface area contributed by atoms with Gasteiger partial charge in [-0.2, -0.15) is 0 Å². The number of aromatic hydroxyl groups is 1. The topological polar surface area (TPSA) is 82.1 Å². The number of hydrogen-bond acceptors (Lipinski definition) is 4. The molecule has 0 fully saturated rings. The summed E-state index contributed by atoms with van der Waals surface area (Å²) in [5, 5.41) is 16.2. The van der Waals surface area contributed by atoms with E-state index in [1.807, 2.05) is 20.8 Å². The Morgan fingerprint density at radius 3 is 2.60 bits per heavy atom. The van der Waals surface area contributed by atoms with Crippen molar-refractivity contribution in [2.45, 2.75) is 26.2 Å². The van der Waals surface area contributed by atoms with Gasteiger partial charge >= 0.3 is 0 Å². The number of carbonyl (C=O) groups excluding carboxylic acids is 1. The number of carbonyl (C=O) groups is 1. The number of aromatic amines is 1. The Kier molecular flexibility index (Phi) is 3.48. The fourth-order valence-corrected chi connectivity index (χ4v) is 1.66. The average molecular weight is 274 g/mol. The molecule has 0 saturated heterocycles. The Hall–Kier alpha value is -2.37. The van der Waals surface area contributed by atoms with Gasteiger partial charge in [0, 0.05) is 24.2 Å². The fraction of sp³-hybridized carbons (Fsp3) is 0.357. The summed E-state index contributed by atoms with van der Waals surface area (Å²) in [6, 6.07) is 6.46. The lowest BCUT2D eigenvalue weighted by molar-refractivity contribution is 0.0983. The van der Waals surface area contributed by atoms with Crippen molar-refractivity contribution >= 4 is 11.6 Å². The number of phenols is 1. The minimum atomic E-state index is -0.331. The van der Waals surface area contributed by atoms with Crippen LogP contribution in [0.4, 0.5) is 5.69 Å². The first-order valence-electron chi connectivity index (χ1n) is 6.29. The van der Waals surface area contributed by atoms with Gasteiger partial charge in [0.15, 0.2) is 0 Å².